The molecule has 1 atom stereocenters. The molecule has 106 valence electrons. The van der Waals surface area contributed by atoms with Crippen molar-refractivity contribution in [3.8, 4) is 0 Å². The molecule has 0 amide bonds. The molecule has 0 aliphatic rings. The highest BCUT2D eigenvalue weighted by Gasteiger charge is 2.06. The Labute approximate surface area is 115 Å². The SMILES string of the molecule is COC(=O)c1ccc(CN(C)CCC(C)CN)cc1. The molecule has 1 unspecified atom stereocenters. The third-order valence-corrected chi connectivity index (χ3v) is 3.23. The maximum absolute atomic E-state index is 11.3. The van der Waals surface area contributed by atoms with Gasteiger partial charge in [0, 0.05) is 6.54 Å². The van der Waals surface area contributed by atoms with Crippen LogP contribution in [-0.2, 0) is 11.3 Å². The fourth-order valence-electron chi connectivity index (χ4n) is 1.81. The molecule has 0 spiro atoms. The lowest BCUT2D eigenvalue weighted by Crippen LogP contribution is -2.23. The molecule has 0 fully saturated rings. The maximum Gasteiger partial charge on any atom is 0.337 e. The summed E-state index contributed by atoms with van der Waals surface area (Å²) in [6.45, 7) is 4.80. The average Bonchev–Trinajstić information content (AvgIpc) is 2.44. The average molecular weight is 264 g/mol. The normalized spacial score (nSPS) is 12.5. The van der Waals surface area contributed by atoms with Crippen molar-refractivity contribution in [2.24, 2.45) is 11.7 Å². The summed E-state index contributed by atoms with van der Waals surface area (Å²) in [5, 5.41) is 0. The molecule has 19 heavy (non-hydrogen) atoms. The molecule has 2 N–H and O–H groups in total. The van der Waals surface area contributed by atoms with Gasteiger partial charge in [0.1, 0.15) is 0 Å². The number of benzene rings is 1. The van der Waals surface area contributed by atoms with E-state index in [2.05, 4.69) is 23.6 Å². The van der Waals surface area contributed by atoms with Crippen LogP contribution in [-0.4, -0.2) is 38.1 Å². The lowest BCUT2D eigenvalue weighted by Gasteiger charge is -2.18. The van der Waals surface area contributed by atoms with Crippen molar-refractivity contribution in [3.05, 3.63) is 35.4 Å². The van der Waals surface area contributed by atoms with Gasteiger partial charge in [0.2, 0.25) is 0 Å². The molecular formula is C15H24N2O2. The Bertz CT molecular complexity index is 390. The van der Waals surface area contributed by atoms with E-state index in [-0.39, 0.29) is 5.97 Å². The Morgan fingerprint density at radius 3 is 2.53 bits per heavy atom. The van der Waals surface area contributed by atoms with Gasteiger partial charge in [-0.25, -0.2) is 4.79 Å². The number of nitrogens with two attached hydrogens (primary N) is 1. The van der Waals surface area contributed by atoms with Gasteiger partial charge < -0.3 is 15.4 Å². The minimum Gasteiger partial charge on any atom is -0.465 e. The van der Waals surface area contributed by atoms with Gasteiger partial charge in [-0.05, 0) is 50.2 Å². The number of carbonyl (C=O) groups excluding carboxylic acids is 1. The molecule has 0 aromatic heterocycles. The highest BCUT2D eigenvalue weighted by atomic mass is 16.5. The summed E-state index contributed by atoms with van der Waals surface area (Å²) in [6, 6.07) is 7.54. The largest absolute Gasteiger partial charge is 0.465 e. The molecule has 0 heterocycles. The Morgan fingerprint density at radius 1 is 1.37 bits per heavy atom. The van der Waals surface area contributed by atoms with Crippen molar-refractivity contribution in [2.45, 2.75) is 19.9 Å². The van der Waals surface area contributed by atoms with Crippen LogP contribution in [0.15, 0.2) is 24.3 Å². The molecular weight excluding hydrogens is 240 g/mol. The third kappa shape index (κ3) is 5.41. The molecule has 1 aromatic carbocycles. The van der Waals surface area contributed by atoms with Crippen molar-refractivity contribution in [3.63, 3.8) is 0 Å². The van der Waals surface area contributed by atoms with Gasteiger partial charge >= 0.3 is 5.97 Å². The number of hydrogen-bond donors (Lipinski definition) is 1. The second kappa shape index (κ2) is 7.92. The first-order chi connectivity index (χ1) is 9.06. The van der Waals surface area contributed by atoms with Gasteiger partial charge in [0.25, 0.3) is 0 Å². The number of rotatable bonds is 7. The van der Waals surface area contributed by atoms with Crippen LogP contribution in [0, 0.1) is 5.92 Å². The number of ether oxygens (including phenoxy) is 1. The first-order valence-electron chi connectivity index (χ1n) is 6.62. The van der Waals surface area contributed by atoms with E-state index in [1.807, 2.05) is 12.1 Å². The molecule has 0 saturated heterocycles. The van der Waals surface area contributed by atoms with Crippen LogP contribution in [0.5, 0.6) is 0 Å². The van der Waals surface area contributed by atoms with Gasteiger partial charge in [-0.3, -0.25) is 0 Å². The molecule has 0 saturated carbocycles. The number of hydrogen-bond acceptors (Lipinski definition) is 4. The zero-order chi connectivity index (χ0) is 14.3. The summed E-state index contributed by atoms with van der Waals surface area (Å²) in [6.07, 6.45) is 1.10. The number of esters is 1. The predicted molar refractivity (Wildman–Crippen MR) is 77.0 cm³/mol. The Morgan fingerprint density at radius 2 is 2.00 bits per heavy atom. The third-order valence-electron chi connectivity index (χ3n) is 3.23. The van der Waals surface area contributed by atoms with Crippen LogP contribution in [0.25, 0.3) is 0 Å². The van der Waals surface area contributed by atoms with Crippen LogP contribution < -0.4 is 5.73 Å². The Hall–Kier alpha value is -1.39. The van der Waals surface area contributed by atoms with Gasteiger partial charge in [-0.15, -0.1) is 0 Å². The van der Waals surface area contributed by atoms with Crippen LogP contribution in [0.2, 0.25) is 0 Å². The van der Waals surface area contributed by atoms with Crippen LogP contribution >= 0.6 is 0 Å². The number of methoxy groups -OCH3 is 1. The Kier molecular flexibility index (Phi) is 6.53. The topological polar surface area (TPSA) is 55.6 Å². The first-order valence-corrected chi connectivity index (χ1v) is 6.62. The highest BCUT2D eigenvalue weighted by molar-refractivity contribution is 5.89. The summed E-state index contributed by atoms with van der Waals surface area (Å²) in [5.74, 6) is 0.265. The van der Waals surface area contributed by atoms with Crippen LogP contribution in [0.3, 0.4) is 0 Å². The minimum atomic E-state index is -0.295. The molecule has 0 aliphatic carbocycles. The smallest absolute Gasteiger partial charge is 0.337 e. The minimum absolute atomic E-state index is 0.295. The monoisotopic (exact) mass is 264 g/mol. The zero-order valence-corrected chi connectivity index (χ0v) is 12.1. The van der Waals surface area contributed by atoms with Crippen molar-refractivity contribution in [1.82, 2.24) is 4.90 Å². The first kappa shape index (κ1) is 15.7. The van der Waals surface area contributed by atoms with Gasteiger partial charge in [0.15, 0.2) is 0 Å². The molecule has 0 bridgehead atoms. The van der Waals surface area contributed by atoms with Crippen molar-refractivity contribution in [1.29, 1.82) is 0 Å². The van der Waals surface area contributed by atoms with E-state index in [1.54, 1.807) is 12.1 Å². The molecule has 0 radical (unpaired) electrons. The summed E-state index contributed by atoms with van der Waals surface area (Å²) < 4.78 is 4.67. The van der Waals surface area contributed by atoms with E-state index < -0.39 is 0 Å². The fraction of sp³-hybridized carbons (Fsp3) is 0.533. The quantitative estimate of drug-likeness (QED) is 0.764. The summed E-state index contributed by atoms with van der Waals surface area (Å²) in [7, 11) is 3.49. The lowest BCUT2D eigenvalue weighted by atomic mass is 10.1. The molecule has 1 aromatic rings. The number of nitrogens with zero attached hydrogens (tertiary/aromatic N) is 1. The predicted octanol–water partition coefficient (Wildman–Crippen LogP) is 1.89. The van der Waals surface area contributed by atoms with E-state index in [4.69, 9.17) is 5.73 Å². The van der Waals surface area contributed by atoms with E-state index in [0.29, 0.717) is 11.5 Å². The zero-order valence-electron chi connectivity index (χ0n) is 12.1. The lowest BCUT2D eigenvalue weighted by molar-refractivity contribution is 0.0600. The van der Waals surface area contributed by atoms with Gasteiger partial charge in [-0.1, -0.05) is 19.1 Å². The summed E-state index contributed by atoms with van der Waals surface area (Å²) in [5.41, 5.74) is 7.39. The highest BCUT2D eigenvalue weighted by Crippen LogP contribution is 2.09. The van der Waals surface area contributed by atoms with Crippen LogP contribution in [0.4, 0.5) is 0 Å². The number of carbonyl (C=O) groups is 1. The second-order valence-electron chi connectivity index (χ2n) is 5.06. The van der Waals surface area contributed by atoms with Gasteiger partial charge in [-0.2, -0.15) is 0 Å². The van der Waals surface area contributed by atoms with E-state index >= 15 is 0 Å². The van der Waals surface area contributed by atoms with Crippen molar-refractivity contribution >= 4 is 5.97 Å². The fourth-order valence-corrected chi connectivity index (χ4v) is 1.81. The van der Waals surface area contributed by atoms with Crippen LogP contribution in [0.1, 0.15) is 29.3 Å². The van der Waals surface area contributed by atoms with E-state index in [9.17, 15) is 4.79 Å². The molecule has 4 nitrogen and oxygen atoms in total. The summed E-state index contributed by atoms with van der Waals surface area (Å²) >= 11 is 0. The Balaban J connectivity index is 2.46. The van der Waals surface area contributed by atoms with E-state index in [0.717, 1.165) is 26.1 Å². The maximum atomic E-state index is 11.3. The summed E-state index contributed by atoms with van der Waals surface area (Å²) in [4.78, 5) is 13.6. The van der Waals surface area contributed by atoms with E-state index in [1.165, 1.54) is 12.7 Å². The second-order valence-corrected chi connectivity index (χ2v) is 5.06. The van der Waals surface area contributed by atoms with Crippen molar-refractivity contribution < 1.29 is 9.53 Å². The molecule has 4 heteroatoms. The van der Waals surface area contributed by atoms with Gasteiger partial charge in [0.05, 0.1) is 12.7 Å². The molecule has 0 aliphatic heterocycles. The standard InChI is InChI=1S/C15H24N2O2/c1-12(10-16)8-9-17(2)11-13-4-6-14(7-5-13)15(18)19-3/h4-7,12H,8-11,16H2,1-3H3. The molecule has 1 rings (SSSR count). The van der Waals surface area contributed by atoms with Crippen molar-refractivity contribution in [2.75, 3.05) is 27.2 Å².